The van der Waals surface area contributed by atoms with E-state index in [2.05, 4.69) is 316 Å². The van der Waals surface area contributed by atoms with Crippen molar-refractivity contribution in [1.82, 2.24) is 28.2 Å². The number of aromatic nitrogens is 6. The van der Waals surface area contributed by atoms with E-state index in [1.165, 1.54) is 43.6 Å². The summed E-state index contributed by atoms with van der Waals surface area (Å²) in [6.45, 7) is 0. The van der Waals surface area contributed by atoms with Gasteiger partial charge in [0, 0.05) is 82.5 Å². The summed E-state index contributed by atoms with van der Waals surface area (Å²) in [6.07, 6.45) is 0. The van der Waals surface area contributed by atoms with Gasteiger partial charge in [0.05, 0.1) is 67.2 Å². The van der Waals surface area contributed by atoms with E-state index in [0.29, 0.717) is 11.4 Å². The molecule has 0 atom stereocenters. The Morgan fingerprint density at radius 2 is 0.510 bits per heavy atom. The van der Waals surface area contributed by atoms with Gasteiger partial charge in [0.25, 0.3) is 0 Å². The third-order valence-electron chi connectivity index (χ3n) is 19.4. The molecule has 5 heterocycles. The predicted molar refractivity (Wildman–Crippen MR) is 397 cm³/mol. The second-order valence-electron chi connectivity index (χ2n) is 24.8. The maximum atomic E-state index is 9.54. The van der Waals surface area contributed by atoms with Crippen LogP contribution >= 0.6 is 0 Å². The second-order valence-corrected chi connectivity index (χ2v) is 24.8. The molecule has 5 aromatic heterocycles. The Hall–Kier alpha value is -13.2. The maximum absolute atomic E-state index is 9.54. The van der Waals surface area contributed by atoms with Crippen LogP contribution in [0.15, 0.2) is 334 Å². The molecule has 7 nitrogen and oxygen atoms in total. The Morgan fingerprint density at radius 3 is 0.896 bits per heavy atom. The number of fused-ring (bicyclic) bond motifs is 12. The summed E-state index contributed by atoms with van der Waals surface area (Å²) in [5.41, 5.74) is 25.1. The number of rotatable bonds is 10. The van der Waals surface area contributed by atoms with Crippen molar-refractivity contribution in [3.05, 3.63) is 339 Å². The molecule has 446 valence electrons. The van der Waals surface area contributed by atoms with Crippen LogP contribution in [0, 0.1) is 11.3 Å². The standard InChI is InChI=1S/C89H55N7/c90-56-57-32-34-58(35-33-57)59-36-38-60(39-37-59)79-55-80(92-89(91-79)61-18-4-1-5-19-61)66-48-69(95-83-30-16-12-26-73(83)77-52-64(42-46-87(77)95)62-40-44-85-75(50-62)71-24-10-14-28-81(71)93(85)67-20-6-2-7-21-67)54-70(49-66)96-84-31-17-13-27-74(84)78-53-65(43-47-88(78)96)63-41-45-86-76(51-63)72-25-11-15-29-82(72)94(86)68-22-8-3-9-23-68/h1-55H. The van der Waals surface area contributed by atoms with Crippen molar-refractivity contribution in [3.63, 3.8) is 0 Å². The molecule has 7 heteroatoms. The van der Waals surface area contributed by atoms with Gasteiger partial charge in [-0.25, -0.2) is 9.97 Å². The van der Waals surface area contributed by atoms with E-state index in [1.54, 1.807) is 0 Å². The van der Waals surface area contributed by atoms with Crippen LogP contribution in [-0.2, 0) is 0 Å². The van der Waals surface area contributed by atoms with Gasteiger partial charge >= 0.3 is 0 Å². The average molecular weight is 1220 g/mol. The highest BCUT2D eigenvalue weighted by Crippen LogP contribution is 2.43. The molecule has 0 unspecified atom stereocenters. The van der Waals surface area contributed by atoms with E-state index in [9.17, 15) is 5.26 Å². The summed E-state index contributed by atoms with van der Waals surface area (Å²) in [5.74, 6) is 0.630. The molecule has 0 aliphatic heterocycles. The molecule has 0 radical (unpaired) electrons. The minimum atomic E-state index is 0.630. The van der Waals surface area contributed by atoms with Crippen molar-refractivity contribution in [1.29, 1.82) is 5.26 Å². The van der Waals surface area contributed by atoms with E-state index in [4.69, 9.17) is 9.97 Å². The largest absolute Gasteiger partial charge is 0.309 e. The number of nitrogens with zero attached hydrogens (tertiary/aromatic N) is 7. The summed E-state index contributed by atoms with van der Waals surface area (Å²) in [6, 6.07) is 122. The quantitative estimate of drug-likeness (QED) is 0.137. The van der Waals surface area contributed by atoms with E-state index in [-0.39, 0.29) is 0 Å². The van der Waals surface area contributed by atoms with Crippen LogP contribution in [0.5, 0.6) is 0 Å². The van der Waals surface area contributed by atoms with Crippen molar-refractivity contribution >= 4 is 87.2 Å². The molecule has 0 aliphatic carbocycles. The Balaban J connectivity index is 0.809. The monoisotopic (exact) mass is 1220 g/mol. The molecule has 0 spiro atoms. The Kier molecular flexibility index (Phi) is 12.5. The molecule has 19 rings (SSSR count). The minimum Gasteiger partial charge on any atom is -0.309 e. The normalized spacial score (nSPS) is 11.7. The van der Waals surface area contributed by atoms with Gasteiger partial charge in [-0.15, -0.1) is 0 Å². The zero-order chi connectivity index (χ0) is 63.4. The summed E-state index contributed by atoms with van der Waals surface area (Å²) >= 11 is 0. The maximum Gasteiger partial charge on any atom is 0.160 e. The SMILES string of the molecule is N#Cc1ccc(-c2ccc(-c3cc(-c4cc(-n5c6ccccc6c6cc(-c7ccc8c(c7)c7ccccc7n8-c7ccccc7)ccc65)cc(-n5c6ccccc6c6cc(-c7ccc8c(c7)c7ccccc7n8-c7ccccc7)ccc65)c4)nc(-c4ccccc4)n3)cc2)cc1. The van der Waals surface area contributed by atoms with E-state index >= 15 is 0 Å². The lowest BCUT2D eigenvalue weighted by Gasteiger charge is -2.17. The van der Waals surface area contributed by atoms with Gasteiger partial charge in [-0.05, 0) is 167 Å². The van der Waals surface area contributed by atoms with Gasteiger partial charge in [-0.3, -0.25) is 0 Å². The van der Waals surface area contributed by atoms with Crippen molar-refractivity contribution in [2.24, 2.45) is 0 Å². The van der Waals surface area contributed by atoms with Crippen molar-refractivity contribution < 1.29 is 0 Å². The lowest BCUT2D eigenvalue weighted by atomic mass is 10.0. The minimum absolute atomic E-state index is 0.630. The molecule has 0 bridgehead atoms. The lowest BCUT2D eigenvalue weighted by molar-refractivity contribution is 1.13. The first-order valence-corrected chi connectivity index (χ1v) is 32.5. The van der Waals surface area contributed by atoms with Crippen LogP contribution in [-0.4, -0.2) is 28.2 Å². The van der Waals surface area contributed by atoms with Crippen LogP contribution in [0.4, 0.5) is 0 Å². The van der Waals surface area contributed by atoms with Gasteiger partial charge in [-0.2, -0.15) is 5.26 Å². The molecule has 19 aromatic rings. The number of nitriles is 1. The Morgan fingerprint density at radius 1 is 0.208 bits per heavy atom. The molecule has 0 N–H and O–H groups in total. The zero-order valence-electron chi connectivity index (χ0n) is 51.9. The molecule has 14 aromatic carbocycles. The van der Waals surface area contributed by atoms with Crippen LogP contribution in [0.1, 0.15) is 5.56 Å². The van der Waals surface area contributed by atoms with Crippen LogP contribution in [0.3, 0.4) is 0 Å². The van der Waals surface area contributed by atoms with E-state index in [0.717, 1.165) is 128 Å². The summed E-state index contributed by atoms with van der Waals surface area (Å²) in [5, 5.41) is 19.1. The molecule has 0 aliphatic rings. The first kappa shape index (κ1) is 54.6. The lowest BCUT2D eigenvalue weighted by Crippen LogP contribution is -2.01. The highest BCUT2D eigenvalue weighted by atomic mass is 15.0. The molecule has 0 saturated heterocycles. The Labute approximate surface area is 552 Å². The van der Waals surface area contributed by atoms with Gasteiger partial charge < -0.3 is 18.3 Å². The first-order valence-electron chi connectivity index (χ1n) is 32.5. The zero-order valence-corrected chi connectivity index (χ0v) is 51.9. The van der Waals surface area contributed by atoms with Crippen LogP contribution < -0.4 is 0 Å². The van der Waals surface area contributed by atoms with E-state index in [1.807, 2.05) is 42.5 Å². The second kappa shape index (κ2) is 22.0. The number of hydrogen-bond acceptors (Lipinski definition) is 3. The van der Waals surface area contributed by atoms with Gasteiger partial charge in [-0.1, -0.05) is 200 Å². The average Bonchev–Trinajstić information content (AvgIpc) is 1.59. The molecular formula is C89H55N7. The summed E-state index contributed by atoms with van der Waals surface area (Å²) in [7, 11) is 0. The predicted octanol–water partition coefficient (Wildman–Crippen LogP) is 22.7. The molecule has 0 amide bonds. The Bertz CT molecular complexity index is 6070. The first-order chi connectivity index (χ1) is 47.5. The molecule has 0 fully saturated rings. The van der Waals surface area contributed by atoms with Crippen molar-refractivity contribution in [2.45, 2.75) is 0 Å². The molecule has 0 saturated carbocycles. The van der Waals surface area contributed by atoms with Gasteiger partial charge in [0.2, 0.25) is 0 Å². The van der Waals surface area contributed by atoms with Gasteiger partial charge in [0.1, 0.15) is 0 Å². The third kappa shape index (κ3) is 8.89. The molecule has 96 heavy (non-hydrogen) atoms. The number of para-hydroxylation sites is 6. The van der Waals surface area contributed by atoms with Crippen molar-refractivity contribution in [3.8, 4) is 96.1 Å². The highest BCUT2D eigenvalue weighted by Gasteiger charge is 2.22. The smallest absolute Gasteiger partial charge is 0.160 e. The molecular weight excluding hydrogens is 1170 g/mol. The van der Waals surface area contributed by atoms with Crippen LogP contribution in [0.25, 0.3) is 177 Å². The van der Waals surface area contributed by atoms with Crippen molar-refractivity contribution in [2.75, 3.05) is 0 Å². The fourth-order valence-corrected chi connectivity index (χ4v) is 14.9. The van der Waals surface area contributed by atoms with Crippen LogP contribution in [0.2, 0.25) is 0 Å². The number of hydrogen-bond donors (Lipinski definition) is 0. The number of benzene rings is 14. The third-order valence-corrected chi connectivity index (χ3v) is 19.4. The topological polar surface area (TPSA) is 69.3 Å². The fraction of sp³-hybridized carbons (Fsp3) is 0. The summed E-state index contributed by atoms with van der Waals surface area (Å²) < 4.78 is 9.63. The highest BCUT2D eigenvalue weighted by molar-refractivity contribution is 6.15. The fourth-order valence-electron chi connectivity index (χ4n) is 14.9. The van der Waals surface area contributed by atoms with E-state index < -0.39 is 0 Å². The summed E-state index contributed by atoms with van der Waals surface area (Å²) in [4.78, 5) is 10.9. The van der Waals surface area contributed by atoms with Gasteiger partial charge in [0.15, 0.2) is 5.82 Å².